The van der Waals surface area contributed by atoms with Gasteiger partial charge in [-0.1, -0.05) is 38.1 Å². The van der Waals surface area contributed by atoms with Gasteiger partial charge in [-0.3, -0.25) is 4.79 Å². The predicted octanol–water partition coefficient (Wildman–Crippen LogP) is 2.78. The molecule has 1 N–H and O–H groups in total. The summed E-state index contributed by atoms with van der Waals surface area (Å²) < 4.78 is 5.01. The second-order valence-corrected chi connectivity index (χ2v) is 5.43. The molecule has 0 unspecified atom stereocenters. The maximum Gasteiger partial charge on any atom is 0.349 e. The number of hydrogen-bond donors (Lipinski definition) is 1. The number of ether oxygens (including phenoxy) is 1. The molecule has 0 saturated heterocycles. The van der Waals surface area contributed by atoms with Gasteiger partial charge in [-0.05, 0) is 37.0 Å². The van der Waals surface area contributed by atoms with Gasteiger partial charge in [-0.25, -0.2) is 4.79 Å². The van der Waals surface area contributed by atoms with Crippen LogP contribution in [0, 0.1) is 11.3 Å². The van der Waals surface area contributed by atoms with Crippen LogP contribution >= 0.6 is 0 Å². The lowest BCUT2D eigenvalue weighted by atomic mass is 10.0. The molecule has 0 aliphatic carbocycles. The van der Waals surface area contributed by atoms with Crippen LogP contribution in [0.25, 0.3) is 6.08 Å². The largest absolute Gasteiger partial charge is 0.448 e. The molecule has 122 valence electrons. The van der Waals surface area contributed by atoms with Crippen molar-refractivity contribution in [2.45, 2.75) is 39.7 Å². The van der Waals surface area contributed by atoms with E-state index in [0.29, 0.717) is 12.5 Å². The molecule has 0 aromatic heterocycles. The van der Waals surface area contributed by atoms with Gasteiger partial charge in [-0.15, -0.1) is 0 Å². The van der Waals surface area contributed by atoms with Gasteiger partial charge in [0.25, 0.3) is 5.91 Å². The van der Waals surface area contributed by atoms with Crippen molar-refractivity contribution >= 4 is 18.0 Å². The van der Waals surface area contributed by atoms with Crippen molar-refractivity contribution in [2.24, 2.45) is 0 Å². The lowest BCUT2D eigenvalue weighted by molar-refractivity contribution is -0.150. The molecule has 1 aromatic carbocycles. The van der Waals surface area contributed by atoms with Crippen LogP contribution in [0.2, 0.25) is 0 Å². The van der Waals surface area contributed by atoms with Crippen LogP contribution in [0.5, 0.6) is 0 Å². The number of nitrogens with zero attached hydrogens (tertiary/aromatic N) is 1. The number of esters is 1. The number of benzene rings is 1. The standard InChI is InChI=1S/C18H22N2O3/c1-5-20-17(21)13(4)23-18(22)16(11-19)10-14-6-8-15(9-7-14)12(2)3/h6-10,12-13H,5H2,1-4H3,(H,20,21)/b16-10+/t13-/m0/s1. The maximum atomic E-state index is 12.0. The van der Waals surface area contributed by atoms with Crippen LogP contribution in [0.1, 0.15) is 44.7 Å². The van der Waals surface area contributed by atoms with Crippen LogP contribution in [-0.4, -0.2) is 24.5 Å². The topological polar surface area (TPSA) is 79.2 Å². The first-order valence-corrected chi connectivity index (χ1v) is 7.59. The number of likely N-dealkylation sites (N-methyl/N-ethyl adjacent to an activating group) is 1. The Kier molecular flexibility index (Phi) is 7.01. The fraction of sp³-hybridized carbons (Fsp3) is 0.389. The van der Waals surface area contributed by atoms with E-state index in [9.17, 15) is 9.59 Å². The van der Waals surface area contributed by atoms with Crippen LogP contribution in [0.3, 0.4) is 0 Å². The summed E-state index contributed by atoms with van der Waals surface area (Å²) in [6, 6.07) is 9.40. The highest BCUT2D eigenvalue weighted by atomic mass is 16.5. The number of carbonyl (C=O) groups is 2. The van der Waals surface area contributed by atoms with Crippen molar-refractivity contribution in [3.05, 3.63) is 41.0 Å². The molecule has 5 nitrogen and oxygen atoms in total. The van der Waals surface area contributed by atoms with Crippen LogP contribution in [0.4, 0.5) is 0 Å². The third-order valence-electron chi connectivity index (χ3n) is 3.26. The van der Waals surface area contributed by atoms with E-state index in [4.69, 9.17) is 10.00 Å². The average molecular weight is 314 g/mol. The zero-order valence-electron chi connectivity index (χ0n) is 13.9. The minimum atomic E-state index is -0.942. The summed E-state index contributed by atoms with van der Waals surface area (Å²) in [7, 11) is 0. The Morgan fingerprint density at radius 1 is 1.26 bits per heavy atom. The van der Waals surface area contributed by atoms with Crippen molar-refractivity contribution in [1.29, 1.82) is 5.26 Å². The third-order valence-corrected chi connectivity index (χ3v) is 3.26. The second kappa shape index (κ2) is 8.74. The summed E-state index contributed by atoms with van der Waals surface area (Å²) in [5, 5.41) is 11.7. The Balaban J connectivity index is 2.84. The summed E-state index contributed by atoms with van der Waals surface area (Å²) in [6.07, 6.45) is 0.513. The van der Waals surface area contributed by atoms with Gasteiger partial charge < -0.3 is 10.1 Å². The smallest absolute Gasteiger partial charge is 0.349 e. The average Bonchev–Trinajstić information content (AvgIpc) is 2.52. The highest BCUT2D eigenvalue weighted by molar-refractivity contribution is 5.99. The quantitative estimate of drug-likeness (QED) is 0.497. The Morgan fingerprint density at radius 3 is 2.35 bits per heavy atom. The Morgan fingerprint density at radius 2 is 1.87 bits per heavy atom. The maximum absolute atomic E-state index is 12.0. The predicted molar refractivity (Wildman–Crippen MR) is 88.4 cm³/mol. The van der Waals surface area contributed by atoms with Gasteiger partial charge in [0.05, 0.1) is 0 Å². The van der Waals surface area contributed by atoms with E-state index in [2.05, 4.69) is 19.2 Å². The minimum absolute atomic E-state index is 0.140. The Bertz CT molecular complexity index is 625. The Labute approximate surface area is 137 Å². The summed E-state index contributed by atoms with van der Waals surface area (Å²) in [4.78, 5) is 23.5. The van der Waals surface area contributed by atoms with Crippen LogP contribution in [0.15, 0.2) is 29.8 Å². The normalized spacial score (nSPS) is 12.4. The molecule has 1 atom stereocenters. The number of carbonyl (C=O) groups excluding carboxylic acids is 2. The first kappa shape index (κ1) is 18.4. The van der Waals surface area contributed by atoms with E-state index in [1.165, 1.54) is 18.6 Å². The molecule has 1 aromatic rings. The van der Waals surface area contributed by atoms with E-state index < -0.39 is 12.1 Å². The molecule has 0 saturated carbocycles. The monoisotopic (exact) mass is 314 g/mol. The van der Waals surface area contributed by atoms with Crippen molar-refractivity contribution in [3.8, 4) is 6.07 Å². The molecule has 1 rings (SSSR count). The van der Waals surface area contributed by atoms with Crippen molar-refractivity contribution in [2.75, 3.05) is 6.54 Å². The summed E-state index contributed by atoms with van der Waals surface area (Å²) in [5.41, 5.74) is 1.76. The number of rotatable bonds is 6. The molecular formula is C18H22N2O3. The number of nitriles is 1. The zero-order chi connectivity index (χ0) is 17.4. The van der Waals surface area contributed by atoms with Gasteiger partial charge in [0.15, 0.2) is 6.10 Å². The lowest BCUT2D eigenvalue weighted by Gasteiger charge is -2.12. The van der Waals surface area contributed by atoms with Gasteiger partial charge in [0.2, 0.25) is 0 Å². The van der Waals surface area contributed by atoms with E-state index in [1.54, 1.807) is 6.92 Å². The van der Waals surface area contributed by atoms with Gasteiger partial charge in [0, 0.05) is 6.54 Å². The molecule has 0 radical (unpaired) electrons. The minimum Gasteiger partial charge on any atom is -0.448 e. The molecular weight excluding hydrogens is 292 g/mol. The first-order valence-electron chi connectivity index (χ1n) is 7.59. The second-order valence-electron chi connectivity index (χ2n) is 5.43. The molecule has 0 bridgehead atoms. The van der Waals surface area contributed by atoms with E-state index in [0.717, 1.165) is 5.56 Å². The number of amides is 1. The van der Waals surface area contributed by atoms with Crippen LogP contribution < -0.4 is 5.32 Å². The van der Waals surface area contributed by atoms with Gasteiger partial charge in [-0.2, -0.15) is 5.26 Å². The van der Waals surface area contributed by atoms with E-state index in [1.807, 2.05) is 30.3 Å². The number of hydrogen-bond acceptors (Lipinski definition) is 4. The fourth-order valence-corrected chi connectivity index (χ4v) is 1.88. The highest BCUT2D eigenvalue weighted by Gasteiger charge is 2.19. The van der Waals surface area contributed by atoms with Gasteiger partial charge >= 0.3 is 5.97 Å². The van der Waals surface area contributed by atoms with E-state index >= 15 is 0 Å². The molecule has 1 amide bonds. The van der Waals surface area contributed by atoms with Crippen LogP contribution in [-0.2, 0) is 14.3 Å². The molecule has 23 heavy (non-hydrogen) atoms. The van der Waals surface area contributed by atoms with Crippen molar-refractivity contribution in [1.82, 2.24) is 5.32 Å². The molecule has 5 heteroatoms. The molecule has 0 aliphatic heterocycles. The Hall–Kier alpha value is -2.61. The molecule has 0 heterocycles. The van der Waals surface area contributed by atoms with Crippen molar-refractivity contribution in [3.63, 3.8) is 0 Å². The summed E-state index contributed by atoms with van der Waals surface area (Å²) in [6.45, 7) is 7.87. The molecule has 0 fully saturated rings. The highest BCUT2D eigenvalue weighted by Crippen LogP contribution is 2.16. The third kappa shape index (κ3) is 5.59. The van der Waals surface area contributed by atoms with Gasteiger partial charge in [0.1, 0.15) is 11.6 Å². The first-order chi connectivity index (χ1) is 10.9. The van der Waals surface area contributed by atoms with E-state index in [-0.39, 0.29) is 11.5 Å². The SMILES string of the molecule is CCNC(=O)[C@H](C)OC(=O)/C(C#N)=C/c1ccc(C(C)C)cc1. The molecule has 0 spiro atoms. The fourth-order valence-electron chi connectivity index (χ4n) is 1.88. The molecule has 0 aliphatic rings. The lowest BCUT2D eigenvalue weighted by Crippen LogP contribution is -2.35. The van der Waals surface area contributed by atoms with Crippen molar-refractivity contribution < 1.29 is 14.3 Å². The number of nitrogens with one attached hydrogen (secondary N) is 1. The zero-order valence-corrected chi connectivity index (χ0v) is 13.9. The summed E-state index contributed by atoms with van der Waals surface area (Å²) >= 11 is 0. The summed E-state index contributed by atoms with van der Waals surface area (Å²) in [5.74, 6) is -0.787.